The van der Waals surface area contributed by atoms with Crippen LogP contribution in [0.2, 0.25) is 5.02 Å². The largest absolute Gasteiger partial charge is 0.340 e. The summed E-state index contributed by atoms with van der Waals surface area (Å²) in [6, 6.07) is 16.8. The fraction of sp³-hybridized carbons (Fsp3) is 0.0909. The number of imidazole rings is 1. The molecule has 0 atom stereocenters. The van der Waals surface area contributed by atoms with Gasteiger partial charge in [0.1, 0.15) is 24.3 Å². The van der Waals surface area contributed by atoms with E-state index in [1.165, 1.54) is 6.33 Å². The van der Waals surface area contributed by atoms with Gasteiger partial charge in [0, 0.05) is 41.3 Å². The Kier molecular flexibility index (Phi) is 6.01. The number of anilines is 3. The van der Waals surface area contributed by atoms with Crippen molar-refractivity contribution < 1.29 is 4.79 Å². The van der Waals surface area contributed by atoms with Crippen LogP contribution >= 0.6 is 11.6 Å². The average molecular weight is 419 g/mol. The number of amides is 1. The van der Waals surface area contributed by atoms with Gasteiger partial charge in [-0.2, -0.15) is 0 Å². The minimum atomic E-state index is -0.0449. The molecule has 0 radical (unpaired) electrons. The zero-order valence-corrected chi connectivity index (χ0v) is 16.8. The summed E-state index contributed by atoms with van der Waals surface area (Å²) >= 11 is 5.98. The van der Waals surface area contributed by atoms with Gasteiger partial charge in [-0.05, 0) is 48.4 Å². The van der Waals surface area contributed by atoms with Crippen LogP contribution < -0.4 is 10.6 Å². The second-order valence-corrected chi connectivity index (χ2v) is 7.05. The molecule has 1 amide bonds. The highest BCUT2D eigenvalue weighted by molar-refractivity contribution is 6.30. The first-order chi connectivity index (χ1) is 14.7. The van der Waals surface area contributed by atoms with E-state index >= 15 is 0 Å². The van der Waals surface area contributed by atoms with E-state index in [0.717, 1.165) is 16.9 Å². The van der Waals surface area contributed by atoms with Crippen LogP contribution in [0.5, 0.6) is 0 Å². The molecule has 0 fully saturated rings. The molecule has 2 aromatic heterocycles. The highest BCUT2D eigenvalue weighted by Crippen LogP contribution is 2.19. The molecule has 0 unspecified atom stereocenters. The van der Waals surface area contributed by atoms with Crippen LogP contribution in [0, 0.1) is 0 Å². The lowest BCUT2D eigenvalue weighted by Crippen LogP contribution is -2.12. The predicted molar refractivity (Wildman–Crippen MR) is 117 cm³/mol. The SMILES string of the molecule is O=C(CCc1cccc(Cl)c1)Nc1ccc(Nc2cc(-n3ccnc3)ncn2)cc1. The maximum atomic E-state index is 12.2. The molecule has 0 saturated heterocycles. The summed E-state index contributed by atoms with van der Waals surface area (Å²) < 4.78 is 1.80. The summed E-state index contributed by atoms with van der Waals surface area (Å²) in [7, 11) is 0. The number of carbonyl (C=O) groups is 1. The summed E-state index contributed by atoms with van der Waals surface area (Å²) in [5, 5.41) is 6.82. The highest BCUT2D eigenvalue weighted by Gasteiger charge is 2.05. The third-order valence-corrected chi connectivity index (χ3v) is 4.63. The molecule has 8 heteroatoms. The minimum absolute atomic E-state index is 0.0449. The van der Waals surface area contributed by atoms with Gasteiger partial charge in [-0.25, -0.2) is 15.0 Å². The number of halogens is 1. The number of hydrogen-bond donors (Lipinski definition) is 2. The molecule has 4 aromatic rings. The van der Waals surface area contributed by atoms with Crippen molar-refractivity contribution in [2.24, 2.45) is 0 Å². The van der Waals surface area contributed by atoms with Crippen LogP contribution in [0.3, 0.4) is 0 Å². The van der Waals surface area contributed by atoms with Gasteiger partial charge in [0.05, 0.1) is 0 Å². The number of nitrogens with one attached hydrogen (secondary N) is 2. The fourth-order valence-corrected chi connectivity index (χ4v) is 3.12. The minimum Gasteiger partial charge on any atom is -0.340 e. The van der Waals surface area contributed by atoms with Crippen LogP contribution in [0.1, 0.15) is 12.0 Å². The van der Waals surface area contributed by atoms with Crippen LogP contribution in [0.4, 0.5) is 17.2 Å². The Morgan fingerprint density at radius 3 is 2.63 bits per heavy atom. The maximum absolute atomic E-state index is 12.2. The molecule has 30 heavy (non-hydrogen) atoms. The van der Waals surface area contributed by atoms with Crippen molar-refractivity contribution >= 4 is 34.7 Å². The number of rotatable bonds is 7. The van der Waals surface area contributed by atoms with Crippen molar-refractivity contribution in [3.8, 4) is 5.82 Å². The van der Waals surface area contributed by atoms with Crippen LogP contribution in [-0.4, -0.2) is 25.4 Å². The van der Waals surface area contributed by atoms with E-state index in [1.807, 2.05) is 60.8 Å². The van der Waals surface area contributed by atoms with Gasteiger partial charge in [0.2, 0.25) is 5.91 Å². The van der Waals surface area contributed by atoms with Gasteiger partial charge < -0.3 is 10.6 Å². The first kappa shape index (κ1) is 19.6. The molecule has 0 saturated carbocycles. The Morgan fingerprint density at radius 1 is 1.03 bits per heavy atom. The van der Waals surface area contributed by atoms with Gasteiger partial charge in [-0.15, -0.1) is 0 Å². The molecule has 7 nitrogen and oxygen atoms in total. The molecule has 2 heterocycles. The highest BCUT2D eigenvalue weighted by atomic mass is 35.5. The van der Waals surface area contributed by atoms with E-state index in [0.29, 0.717) is 29.5 Å². The van der Waals surface area contributed by atoms with E-state index in [-0.39, 0.29) is 5.91 Å². The smallest absolute Gasteiger partial charge is 0.224 e. The lowest BCUT2D eigenvalue weighted by atomic mass is 10.1. The number of benzene rings is 2. The van der Waals surface area contributed by atoms with Crippen molar-refractivity contribution in [1.82, 2.24) is 19.5 Å². The summed E-state index contributed by atoms with van der Waals surface area (Å²) in [6.45, 7) is 0. The number of nitrogens with zero attached hydrogens (tertiary/aromatic N) is 4. The zero-order chi connectivity index (χ0) is 20.8. The summed E-state index contributed by atoms with van der Waals surface area (Å²) in [6.07, 6.45) is 7.70. The normalized spacial score (nSPS) is 10.6. The van der Waals surface area contributed by atoms with Crippen LogP contribution in [0.25, 0.3) is 5.82 Å². The van der Waals surface area contributed by atoms with Crippen molar-refractivity contribution in [1.29, 1.82) is 0 Å². The third-order valence-electron chi connectivity index (χ3n) is 4.39. The Balaban J connectivity index is 1.33. The molecule has 2 aromatic carbocycles. The molecular formula is C22H19ClN6O. The Bertz CT molecular complexity index is 1130. The molecule has 4 rings (SSSR count). The second kappa shape index (κ2) is 9.19. The maximum Gasteiger partial charge on any atom is 0.224 e. The first-order valence-corrected chi connectivity index (χ1v) is 9.75. The summed E-state index contributed by atoms with van der Waals surface area (Å²) in [5.41, 5.74) is 2.62. The molecule has 0 bridgehead atoms. The lowest BCUT2D eigenvalue weighted by Gasteiger charge is -2.09. The van der Waals surface area contributed by atoms with E-state index in [2.05, 4.69) is 25.6 Å². The van der Waals surface area contributed by atoms with Crippen LogP contribution in [-0.2, 0) is 11.2 Å². The van der Waals surface area contributed by atoms with E-state index < -0.39 is 0 Å². The standard InChI is InChI=1S/C22H19ClN6O/c23-17-3-1-2-16(12-17)4-9-22(30)28-19-7-5-18(6-8-19)27-20-13-21(26-14-25-20)29-11-10-24-15-29/h1-3,5-8,10-15H,4,9H2,(H,28,30)(H,25,26,27). The van der Waals surface area contributed by atoms with Gasteiger partial charge in [0.15, 0.2) is 0 Å². The number of carbonyl (C=O) groups excluding carboxylic acids is 1. The molecule has 0 aliphatic heterocycles. The van der Waals surface area contributed by atoms with Gasteiger partial charge in [-0.3, -0.25) is 9.36 Å². The lowest BCUT2D eigenvalue weighted by molar-refractivity contribution is -0.116. The fourth-order valence-electron chi connectivity index (χ4n) is 2.91. The molecule has 150 valence electrons. The van der Waals surface area contributed by atoms with Gasteiger partial charge >= 0.3 is 0 Å². The van der Waals surface area contributed by atoms with Gasteiger partial charge in [0.25, 0.3) is 0 Å². The third kappa shape index (κ3) is 5.21. The Hall–Kier alpha value is -3.71. The monoisotopic (exact) mass is 418 g/mol. The predicted octanol–water partition coefficient (Wildman–Crippen LogP) is 4.63. The Labute approximate surface area is 178 Å². The van der Waals surface area contributed by atoms with Crippen LogP contribution in [0.15, 0.2) is 79.6 Å². The Morgan fingerprint density at radius 2 is 1.87 bits per heavy atom. The van der Waals surface area contributed by atoms with Crippen molar-refractivity contribution in [3.05, 3.63) is 90.2 Å². The number of hydrogen-bond acceptors (Lipinski definition) is 5. The summed E-state index contributed by atoms with van der Waals surface area (Å²) in [5.74, 6) is 1.33. The molecule has 0 spiro atoms. The molecule has 0 aliphatic rings. The van der Waals surface area contributed by atoms with E-state index in [9.17, 15) is 4.79 Å². The molecule has 0 aliphatic carbocycles. The van der Waals surface area contributed by atoms with Crippen molar-refractivity contribution in [3.63, 3.8) is 0 Å². The first-order valence-electron chi connectivity index (χ1n) is 9.37. The van der Waals surface area contributed by atoms with Crippen molar-refractivity contribution in [2.75, 3.05) is 10.6 Å². The molecular weight excluding hydrogens is 400 g/mol. The zero-order valence-electron chi connectivity index (χ0n) is 16.0. The van der Waals surface area contributed by atoms with Crippen molar-refractivity contribution in [2.45, 2.75) is 12.8 Å². The topological polar surface area (TPSA) is 84.7 Å². The number of aryl methyl sites for hydroxylation is 1. The second-order valence-electron chi connectivity index (χ2n) is 6.61. The molecule has 2 N–H and O–H groups in total. The van der Waals surface area contributed by atoms with Gasteiger partial charge in [-0.1, -0.05) is 23.7 Å². The summed E-state index contributed by atoms with van der Waals surface area (Å²) in [4.78, 5) is 24.7. The van der Waals surface area contributed by atoms with E-state index in [1.54, 1.807) is 17.1 Å². The quantitative estimate of drug-likeness (QED) is 0.457. The number of aromatic nitrogens is 4. The average Bonchev–Trinajstić information content (AvgIpc) is 3.29. The van der Waals surface area contributed by atoms with E-state index in [4.69, 9.17) is 11.6 Å².